The highest BCUT2D eigenvalue weighted by Gasteiger charge is 2.79. The summed E-state index contributed by atoms with van der Waals surface area (Å²) in [5.41, 5.74) is -16.9. The van der Waals surface area contributed by atoms with Crippen molar-refractivity contribution in [2.75, 3.05) is 26.4 Å². The van der Waals surface area contributed by atoms with Gasteiger partial charge in [-0.05, 0) is 270 Å². The fourth-order valence-corrected chi connectivity index (χ4v) is 31.6. The minimum atomic E-state index is -2.15. The van der Waals surface area contributed by atoms with E-state index >= 15 is 35.1 Å². The molecule has 768 valence electrons. The molecule has 0 radical (unpaired) electrons. The molecule has 12 saturated carbocycles. The van der Waals surface area contributed by atoms with Gasteiger partial charge in [-0.3, -0.25) is 57.5 Å². The fraction of sp³-hybridized carbons (Fsp3) is 0.741. The van der Waals surface area contributed by atoms with Gasteiger partial charge in [-0.2, -0.15) is 0 Å². The Labute approximate surface area is 820 Å². The number of allylic oxidation sites excluding steroid dienone is 16. The molecule has 30 heteroatoms. The van der Waals surface area contributed by atoms with Crippen LogP contribution in [-0.2, 0) is 103 Å². The number of Topliss-reactive ketones (excluding diaryl/α,β-unsaturated/α-hetero) is 4. The number of esters is 4. The number of alkyl halides is 8. The molecule has 138 heavy (non-hydrogen) atoms. The molecule has 0 amide bonds. The van der Waals surface area contributed by atoms with Crippen LogP contribution in [0, 0.1) is 138 Å². The highest BCUT2D eigenvalue weighted by molar-refractivity contribution is 7.37. The van der Waals surface area contributed by atoms with E-state index < -0.39 is 186 Å². The highest BCUT2D eigenvalue weighted by atomic mass is 32.1. The standard InChI is InChI=1S/4C27H36F2O5.2S/c4*1-5-6-7-23(33)34-14-21(31)24-15(2)10-17-18-12-20(28)19-11-16(30)8-9-26(19,4)27(18,29)22(32)13-25(17,24)3;;/h4*8-9,11,15,17-18,20,22,24,32H,5-7,10,12-14H2,1-4H3;;/q;;;;2*-2/t4*15-,17+,18+,20+,22+,24-,25+,26+,27+;;/m1111../s1. The molecule has 4 N–H and O–H groups in total. The van der Waals surface area contributed by atoms with Gasteiger partial charge in [0.1, 0.15) is 51.1 Å². The van der Waals surface area contributed by atoms with Gasteiger partial charge in [-0.25, -0.2) is 35.1 Å². The summed E-state index contributed by atoms with van der Waals surface area (Å²) in [7, 11) is 0. The highest BCUT2D eigenvalue weighted by Crippen LogP contribution is 2.76. The Bertz CT molecular complexity index is 4390. The van der Waals surface area contributed by atoms with Crippen LogP contribution in [0.25, 0.3) is 0 Å². The summed E-state index contributed by atoms with van der Waals surface area (Å²) in [5, 5.41) is 45.2. The minimum absolute atomic E-state index is 0. The second kappa shape index (κ2) is 41.3. The summed E-state index contributed by atoms with van der Waals surface area (Å²) in [4.78, 5) is 148. The minimum Gasteiger partial charge on any atom is -2.00 e. The molecule has 20 nitrogen and oxygen atoms in total. The molecule has 36 atom stereocenters. The Morgan fingerprint density at radius 3 is 0.652 bits per heavy atom. The number of halogens is 8. The average molecular weight is 1980 g/mol. The molecular formula is C108H144F8O20S2-4. The van der Waals surface area contributed by atoms with Gasteiger partial charge in [0.15, 0.2) is 68.9 Å². The molecule has 16 aliphatic carbocycles. The molecule has 0 heterocycles. The normalized spacial score (nSPS) is 44.5. The van der Waals surface area contributed by atoms with E-state index in [0.717, 1.165) is 25.7 Å². The first-order chi connectivity index (χ1) is 63.6. The van der Waals surface area contributed by atoms with Gasteiger partial charge in [0.25, 0.3) is 0 Å². The molecule has 12 fully saturated rings. The second-order valence-corrected chi connectivity index (χ2v) is 45.5. The van der Waals surface area contributed by atoms with Crippen LogP contribution in [0.3, 0.4) is 0 Å². The van der Waals surface area contributed by atoms with Crippen molar-refractivity contribution in [2.45, 2.75) is 337 Å². The van der Waals surface area contributed by atoms with Crippen molar-refractivity contribution in [1.29, 1.82) is 0 Å². The van der Waals surface area contributed by atoms with E-state index in [1.165, 1.54) is 72.9 Å². The number of aliphatic hydroxyl groups excluding tert-OH is 4. The maximum absolute atomic E-state index is 17.1. The maximum atomic E-state index is 17.1. The topological polar surface area (TPSA) is 323 Å². The zero-order valence-corrected chi connectivity index (χ0v) is 84.4. The maximum Gasteiger partial charge on any atom is 0.306 e. The lowest BCUT2D eigenvalue weighted by Crippen LogP contribution is -2.68. The van der Waals surface area contributed by atoms with Gasteiger partial charge < -0.3 is 66.4 Å². The molecule has 0 aromatic carbocycles. The van der Waals surface area contributed by atoms with Crippen LogP contribution < -0.4 is 0 Å². The van der Waals surface area contributed by atoms with Crippen LogP contribution in [0.2, 0.25) is 0 Å². The van der Waals surface area contributed by atoms with Crippen molar-refractivity contribution in [1.82, 2.24) is 0 Å². The monoisotopic (exact) mass is 1980 g/mol. The second-order valence-electron chi connectivity index (χ2n) is 45.5. The number of ether oxygens (including phenoxy) is 4. The van der Waals surface area contributed by atoms with Gasteiger partial charge in [0.2, 0.25) is 0 Å². The number of aliphatic hydroxyl groups is 4. The third kappa shape index (κ3) is 18.2. The molecule has 16 rings (SSSR count). The smallest absolute Gasteiger partial charge is 0.306 e. The first kappa shape index (κ1) is 111. The Hall–Kier alpha value is -6.86. The molecule has 0 saturated heterocycles. The van der Waals surface area contributed by atoms with Crippen molar-refractivity contribution in [3.8, 4) is 0 Å². The largest absolute Gasteiger partial charge is 2.00 e. The third-order valence-corrected chi connectivity index (χ3v) is 37.7. The number of rotatable bonds is 24. The third-order valence-electron chi connectivity index (χ3n) is 37.7. The Balaban J connectivity index is 0.000000176. The van der Waals surface area contributed by atoms with Gasteiger partial charge in [-0.15, -0.1) is 0 Å². The zero-order chi connectivity index (χ0) is 100. The SMILES string of the molecule is CCCCC(=O)OCC(=O)[C@H]1[C@H](C)C[C@H]2[C@@H]3C[C@H](F)C4=CC(=O)C=C[C@]4(C)[C@@]3(F)[C@@H](O)C[C@@]21C.CCCCC(=O)OCC(=O)[C@H]1[C@H](C)C[C@H]2[C@@H]3C[C@H](F)C4=CC(=O)C=C[C@]4(C)[C@@]3(F)[C@@H](O)C[C@@]21C.CCCCC(=O)OCC(=O)[C@H]1[C@H](C)C[C@H]2[C@@H]3C[C@H](F)C4=CC(=O)C=C[C@]4(C)[C@@]3(F)[C@@H](O)C[C@@]21C.CCCCC(=O)OCC(=O)[C@H]1[C@H](C)C[C@H]2[C@@H]3C[C@H](F)C4=CC(=O)C=C[C@]4(C)[C@@]3(F)[C@@H](O)C[C@@]21C.[S-2].[S-2]. The number of unbranched alkanes of at least 4 members (excludes halogenated alkanes) is 4. The van der Waals surface area contributed by atoms with Crippen LogP contribution in [-0.4, -0.2) is 189 Å². The summed E-state index contributed by atoms with van der Waals surface area (Å²) < 4.78 is 151. The zero-order valence-electron chi connectivity index (χ0n) is 82.7. The first-order valence-electron chi connectivity index (χ1n) is 50.2. The van der Waals surface area contributed by atoms with E-state index in [4.69, 9.17) is 18.9 Å². The average Bonchev–Trinajstić information content (AvgIpc) is 1.28. The van der Waals surface area contributed by atoms with E-state index in [2.05, 4.69) is 0 Å². The van der Waals surface area contributed by atoms with Gasteiger partial charge in [-0.1, -0.05) is 133 Å². The fourth-order valence-electron chi connectivity index (χ4n) is 31.6. The van der Waals surface area contributed by atoms with Gasteiger partial charge in [0.05, 0.1) is 24.4 Å². The summed E-state index contributed by atoms with van der Waals surface area (Å²) in [6.07, 6.45) is 12.8. The number of ketones is 8. The van der Waals surface area contributed by atoms with E-state index in [0.29, 0.717) is 51.4 Å². The predicted molar refractivity (Wildman–Crippen MR) is 503 cm³/mol. The molecule has 0 bridgehead atoms. The summed E-state index contributed by atoms with van der Waals surface area (Å²) in [6.45, 7) is 28.1. The quantitative estimate of drug-likeness (QED) is 0.0396. The Kier molecular flexibility index (Phi) is 33.4. The molecule has 16 aliphatic rings. The summed E-state index contributed by atoms with van der Waals surface area (Å²) >= 11 is 0. The summed E-state index contributed by atoms with van der Waals surface area (Å²) in [6, 6.07) is 0. The number of fused-ring (bicyclic) bond motifs is 20. The van der Waals surface area contributed by atoms with Crippen LogP contribution in [0.4, 0.5) is 35.1 Å². The van der Waals surface area contributed by atoms with E-state index in [1.807, 2.05) is 83.1 Å². The molecule has 0 spiro atoms. The van der Waals surface area contributed by atoms with Gasteiger partial charge in [0, 0.05) is 94.7 Å². The number of hydrogen-bond acceptors (Lipinski definition) is 20. The van der Waals surface area contributed by atoms with Gasteiger partial charge >= 0.3 is 23.9 Å². The van der Waals surface area contributed by atoms with Crippen molar-refractivity contribution in [3.05, 3.63) is 95.2 Å². The molecule has 0 aliphatic heterocycles. The van der Waals surface area contributed by atoms with E-state index in [1.54, 1.807) is 27.7 Å². The van der Waals surface area contributed by atoms with Crippen LogP contribution in [0.1, 0.15) is 265 Å². The van der Waals surface area contributed by atoms with E-state index in [-0.39, 0.29) is 246 Å². The van der Waals surface area contributed by atoms with Crippen molar-refractivity contribution >= 4 is 97.1 Å². The lowest BCUT2D eigenvalue weighted by atomic mass is 9.45. The van der Waals surface area contributed by atoms with Crippen LogP contribution in [0.5, 0.6) is 0 Å². The Morgan fingerprint density at radius 1 is 0.312 bits per heavy atom. The molecule has 0 unspecified atom stereocenters. The molecule has 0 aromatic heterocycles. The Morgan fingerprint density at radius 2 is 0.486 bits per heavy atom. The van der Waals surface area contributed by atoms with Crippen molar-refractivity contribution in [3.63, 3.8) is 0 Å². The first-order valence-corrected chi connectivity index (χ1v) is 50.2. The van der Waals surface area contributed by atoms with Crippen molar-refractivity contribution in [2.24, 2.45) is 138 Å². The lowest BCUT2D eigenvalue weighted by molar-refractivity contribution is -0.202. The number of hydrogen-bond donors (Lipinski definition) is 4. The summed E-state index contributed by atoms with van der Waals surface area (Å²) in [5.74, 6) is -11.0. The lowest BCUT2D eigenvalue weighted by Gasteiger charge is -2.62. The number of carbonyl (C=O) groups excluding carboxylic acids is 12. The van der Waals surface area contributed by atoms with Crippen molar-refractivity contribution < 1.29 is 132 Å². The van der Waals surface area contributed by atoms with Crippen LogP contribution >= 0.6 is 0 Å². The van der Waals surface area contributed by atoms with Crippen LogP contribution in [0.15, 0.2) is 95.2 Å². The van der Waals surface area contributed by atoms with E-state index in [9.17, 15) is 78.0 Å². The molecular weight excluding hydrogens is 1830 g/mol. The number of carbonyl (C=O) groups is 12. The predicted octanol–water partition coefficient (Wildman–Crippen LogP) is 17.9. The molecule has 0 aromatic rings.